The lowest BCUT2D eigenvalue weighted by Gasteiger charge is -2.16. The number of para-hydroxylation sites is 1. The molecule has 0 saturated heterocycles. The Balaban J connectivity index is 2.21. The lowest BCUT2D eigenvalue weighted by molar-refractivity contribution is 0.0995. The third-order valence-corrected chi connectivity index (χ3v) is 6.26. The maximum absolute atomic E-state index is 12.8. The van der Waals surface area contributed by atoms with Crippen molar-refractivity contribution in [3.8, 4) is 0 Å². The Hall–Kier alpha value is -3.64. The summed E-state index contributed by atoms with van der Waals surface area (Å²) >= 11 is 0. The van der Waals surface area contributed by atoms with Crippen LogP contribution in [0.5, 0.6) is 0 Å². The van der Waals surface area contributed by atoms with Crippen LogP contribution in [0.3, 0.4) is 0 Å². The number of aromatic nitrogens is 2. The SMILES string of the molecule is Cc1cc2ccn(C)c2c2c(C(N)=O)c(C=O)c3c4ccccc4n(CCCO)c3c12. The number of hydrogen-bond acceptors (Lipinski definition) is 3. The number of aliphatic hydroxyl groups excluding tert-OH is 1. The average Bonchev–Trinajstić information content (AvgIpc) is 3.28. The summed E-state index contributed by atoms with van der Waals surface area (Å²) in [5.74, 6) is -0.616. The molecule has 0 aliphatic rings. The van der Waals surface area contributed by atoms with E-state index in [0.29, 0.717) is 23.9 Å². The maximum Gasteiger partial charge on any atom is 0.250 e. The first-order valence-electron chi connectivity index (χ1n) is 10.3. The third kappa shape index (κ3) is 2.55. The van der Waals surface area contributed by atoms with Gasteiger partial charge in [0.15, 0.2) is 6.29 Å². The minimum Gasteiger partial charge on any atom is -0.396 e. The van der Waals surface area contributed by atoms with Crippen LogP contribution in [0, 0.1) is 6.92 Å². The highest BCUT2D eigenvalue weighted by Gasteiger charge is 2.26. The zero-order valence-electron chi connectivity index (χ0n) is 17.5. The molecule has 3 N–H and O–H groups in total. The van der Waals surface area contributed by atoms with Gasteiger partial charge in [-0.1, -0.05) is 18.2 Å². The van der Waals surface area contributed by atoms with Crippen molar-refractivity contribution in [3.63, 3.8) is 0 Å². The minimum atomic E-state index is -0.616. The highest BCUT2D eigenvalue weighted by molar-refractivity contribution is 6.32. The molecule has 0 fully saturated rings. The van der Waals surface area contributed by atoms with Crippen LogP contribution in [0.4, 0.5) is 0 Å². The van der Waals surface area contributed by atoms with Gasteiger partial charge in [0.2, 0.25) is 5.91 Å². The van der Waals surface area contributed by atoms with E-state index >= 15 is 0 Å². The molecule has 6 heteroatoms. The number of rotatable bonds is 5. The molecule has 156 valence electrons. The molecular formula is C25H23N3O3. The molecule has 2 aromatic heterocycles. The third-order valence-electron chi connectivity index (χ3n) is 6.26. The number of aryl methyl sites for hydroxylation is 3. The van der Waals surface area contributed by atoms with Crippen molar-refractivity contribution >= 4 is 55.7 Å². The molecule has 0 radical (unpaired) electrons. The molecule has 0 bridgehead atoms. The van der Waals surface area contributed by atoms with Crippen molar-refractivity contribution < 1.29 is 14.7 Å². The Labute approximate surface area is 178 Å². The first-order valence-corrected chi connectivity index (χ1v) is 10.3. The molecule has 2 heterocycles. The van der Waals surface area contributed by atoms with Gasteiger partial charge >= 0.3 is 0 Å². The molecule has 0 spiro atoms. The fourth-order valence-electron chi connectivity index (χ4n) is 5.09. The first kappa shape index (κ1) is 19.3. The summed E-state index contributed by atoms with van der Waals surface area (Å²) < 4.78 is 4.12. The molecule has 0 saturated carbocycles. The molecule has 0 aliphatic carbocycles. The van der Waals surface area contributed by atoms with Crippen molar-refractivity contribution in [1.29, 1.82) is 0 Å². The molecule has 5 rings (SSSR count). The van der Waals surface area contributed by atoms with Crippen molar-refractivity contribution in [2.45, 2.75) is 19.9 Å². The Morgan fingerprint density at radius 2 is 1.90 bits per heavy atom. The van der Waals surface area contributed by atoms with E-state index in [1.165, 1.54) is 0 Å². The normalized spacial score (nSPS) is 11.8. The van der Waals surface area contributed by atoms with Gasteiger partial charge in [0.1, 0.15) is 0 Å². The molecule has 31 heavy (non-hydrogen) atoms. The van der Waals surface area contributed by atoms with Gasteiger partial charge in [-0.15, -0.1) is 0 Å². The molecule has 0 atom stereocenters. The summed E-state index contributed by atoms with van der Waals surface area (Å²) in [5, 5.41) is 13.8. The van der Waals surface area contributed by atoms with E-state index < -0.39 is 5.91 Å². The van der Waals surface area contributed by atoms with Crippen LogP contribution in [-0.4, -0.2) is 33.0 Å². The summed E-state index contributed by atoms with van der Waals surface area (Å²) in [6.45, 7) is 2.68. The van der Waals surface area contributed by atoms with Crippen LogP contribution in [-0.2, 0) is 13.6 Å². The number of aliphatic hydroxyl groups is 1. The highest BCUT2D eigenvalue weighted by Crippen LogP contribution is 2.43. The molecular weight excluding hydrogens is 390 g/mol. The van der Waals surface area contributed by atoms with Crippen molar-refractivity contribution in [1.82, 2.24) is 9.13 Å². The van der Waals surface area contributed by atoms with Crippen LogP contribution in [0.25, 0.3) is 43.5 Å². The van der Waals surface area contributed by atoms with Crippen LogP contribution in [0.2, 0.25) is 0 Å². The van der Waals surface area contributed by atoms with Gasteiger partial charge in [-0.2, -0.15) is 0 Å². The zero-order chi connectivity index (χ0) is 21.9. The predicted octanol–water partition coefficient (Wildman–Crippen LogP) is 4.04. The van der Waals surface area contributed by atoms with E-state index in [1.807, 2.05) is 55.1 Å². The molecule has 6 nitrogen and oxygen atoms in total. The molecule has 1 amide bonds. The van der Waals surface area contributed by atoms with Crippen LogP contribution >= 0.6 is 0 Å². The molecule has 5 aromatic rings. The van der Waals surface area contributed by atoms with Crippen molar-refractivity contribution in [2.24, 2.45) is 12.8 Å². The van der Waals surface area contributed by atoms with Crippen LogP contribution in [0.15, 0.2) is 42.6 Å². The van der Waals surface area contributed by atoms with Gasteiger partial charge in [0.25, 0.3) is 0 Å². The topological polar surface area (TPSA) is 90.3 Å². The van der Waals surface area contributed by atoms with E-state index in [2.05, 4.69) is 10.6 Å². The second kappa shape index (κ2) is 6.96. The first-order chi connectivity index (χ1) is 15.0. The van der Waals surface area contributed by atoms with Gasteiger partial charge in [0, 0.05) is 64.4 Å². The number of amides is 1. The van der Waals surface area contributed by atoms with Crippen LogP contribution < -0.4 is 5.73 Å². The predicted molar refractivity (Wildman–Crippen MR) is 124 cm³/mol. The lowest BCUT2D eigenvalue weighted by atomic mass is 9.90. The Morgan fingerprint density at radius 3 is 2.61 bits per heavy atom. The summed E-state index contributed by atoms with van der Waals surface area (Å²) in [4.78, 5) is 25.2. The summed E-state index contributed by atoms with van der Waals surface area (Å²) in [7, 11) is 1.92. The quantitative estimate of drug-likeness (QED) is 0.426. The summed E-state index contributed by atoms with van der Waals surface area (Å²) in [5.41, 5.74) is 10.2. The largest absolute Gasteiger partial charge is 0.396 e. The van der Waals surface area contributed by atoms with Gasteiger partial charge in [-0.25, -0.2) is 0 Å². The fourth-order valence-corrected chi connectivity index (χ4v) is 5.09. The Morgan fingerprint density at radius 1 is 1.13 bits per heavy atom. The standard InChI is InChI=1S/C25H23N3O3/c1-14-12-15-8-10-27(2)23(15)22-19(14)24-20(17(13-30)21(22)25(26)31)16-6-3-4-7-18(16)28(24)9-5-11-29/h3-4,6-8,10,12-13,29H,5,9,11H2,1-2H3,(H2,26,31). The van der Waals surface area contributed by atoms with Gasteiger partial charge in [-0.3, -0.25) is 9.59 Å². The molecule has 0 aliphatic heterocycles. The van der Waals surface area contributed by atoms with E-state index in [9.17, 15) is 14.7 Å². The molecule has 0 unspecified atom stereocenters. The number of carbonyl (C=O) groups excluding carboxylic acids is 2. The van der Waals surface area contributed by atoms with E-state index in [-0.39, 0.29) is 12.2 Å². The minimum absolute atomic E-state index is 0.0624. The maximum atomic E-state index is 12.8. The monoisotopic (exact) mass is 413 g/mol. The Kier molecular flexibility index (Phi) is 4.34. The van der Waals surface area contributed by atoms with Crippen molar-refractivity contribution in [3.05, 3.63) is 59.3 Å². The van der Waals surface area contributed by atoms with Gasteiger partial charge < -0.3 is 20.0 Å². The van der Waals surface area contributed by atoms with E-state index in [1.54, 1.807) is 0 Å². The summed E-state index contributed by atoms with van der Waals surface area (Å²) in [6, 6.07) is 12.0. The van der Waals surface area contributed by atoms with Gasteiger partial charge in [0.05, 0.1) is 16.6 Å². The number of fused-ring (bicyclic) bond motifs is 7. The second-order valence-electron chi connectivity index (χ2n) is 8.05. The summed E-state index contributed by atoms with van der Waals surface area (Å²) in [6.07, 6.45) is 3.27. The van der Waals surface area contributed by atoms with E-state index in [0.717, 1.165) is 49.9 Å². The molecule has 3 aromatic carbocycles. The number of primary amides is 1. The number of hydrogen-bond donors (Lipinski definition) is 2. The lowest BCUT2D eigenvalue weighted by Crippen LogP contribution is -2.16. The van der Waals surface area contributed by atoms with Gasteiger partial charge in [-0.05, 0) is 37.1 Å². The average molecular weight is 413 g/mol. The number of nitrogens with zero attached hydrogens (tertiary/aromatic N) is 2. The number of benzene rings is 3. The second-order valence-corrected chi connectivity index (χ2v) is 8.05. The van der Waals surface area contributed by atoms with E-state index in [4.69, 9.17) is 5.73 Å². The number of carbonyl (C=O) groups is 2. The number of nitrogens with two attached hydrogens (primary N) is 1. The number of aldehydes is 1. The van der Waals surface area contributed by atoms with Crippen molar-refractivity contribution in [2.75, 3.05) is 6.61 Å². The zero-order valence-corrected chi connectivity index (χ0v) is 17.5. The fraction of sp³-hybridized carbons (Fsp3) is 0.200. The van der Waals surface area contributed by atoms with Crippen LogP contribution in [0.1, 0.15) is 32.7 Å². The highest BCUT2D eigenvalue weighted by atomic mass is 16.3. The smallest absolute Gasteiger partial charge is 0.250 e. The Bertz CT molecular complexity index is 1540.